The van der Waals surface area contributed by atoms with Crippen LogP contribution in [0.25, 0.3) is 0 Å². The van der Waals surface area contributed by atoms with E-state index in [1.807, 2.05) is 30.3 Å². The molecule has 0 heterocycles. The van der Waals surface area contributed by atoms with Gasteiger partial charge in [-0.05, 0) is 31.3 Å². The number of esters is 1. The van der Waals surface area contributed by atoms with Crippen molar-refractivity contribution in [3.05, 3.63) is 64.1 Å². The molecule has 4 nitrogen and oxygen atoms in total. The summed E-state index contributed by atoms with van der Waals surface area (Å²) in [6.07, 6.45) is -0.897. The Hall–Kier alpha value is -1.75. The molecule has 1 atom stereocenters. The highest BCUT2D eigenvalue weighted by Gasteiger charge is 2.25. The Morgan fingerprint density at radius 2 is 1.77 bits per heavy atom. The molecule has 1 unspecified atom stereocenters. The van der Waals surface area contributed by atoms with Crippen molar-refractivity contribution in [2.45, 2.75) is 20.0 Å². The van der Waals surface area contributed by atoms with Gasteiger partial charge in [-0.2, -0.15) is 0 Å². The summed E-state index contributed by atoms with van der Waals surface area (Å²) < 4.78 is 11.3. The minimum atomic E-state index is -0.897. The molecule has 0 aliphatic rings. The van der Waals surface area contributed by atoms with Gasteiger partial charge in [-0.25, -0.2) is 4.79 Å². The molecule has 0 radical (unpaired) electrons. The zero-order valence-corrected chi connectivity index (χ0v) is 16.5. The molecule has 2 rings (SSSR count). The van der Waals surface area contributed by atoms with Gasteiger partial charge >= 0.3 is 5.97 Å². The SMILES string of the molecule is CCN(CC)CCOC(=O)C(Oc1ccc(Cl)cc1Cl)c1ccccc1. The number of ether oxygens (including phenoxy) is 2. The highest BCUT2D eigenvalue weighted by Crippen LogP contribution is 2.32. The summed E-state index contributed by atoms with van der Waals surface area (Å²) in [5.74, 6) is -0.0695. The van der Waals surface area contributed by atoms with Crippen LogP contribution in [-0.4, -0.2) is 37.1 Å². The maximum absolute atomic E-state index is 12.6. The van der Waals surface area contributed by atoms with E-state index >= 15 is 0 Å². The van der Waals surface area contributed by atoms with Gasteiger partial charge in [0, 0.05) is 17.1 Å². The van der Waals surface area contributed by atoms with E-state index < -0.39 is 12.1 Å². The molecule has 0 aromatic heterocycles. The summed E-state index contributed by atoms with van der Waals surface area (Å²) in [6.45, 7) is 6.96. The van der Waals surface area contributed by atoms with Crippen LogP contribution in [0.15, 0.2) is 48.5 Å². The van der Waals surface area contributed by atoms with E-state index in [-0.39, 0.29) is 0 Å². The highest BCUT2D eigenvalue weighted by atomic mass is 35.5. The summed E-state index contributed by atoms with van der Waals surface area (Å²) >= 11 is 12.1. The summed E-state index contributed by atoms with van der Waals surface area (Å²) in [5, 5.41) is 0.842. The van der Waals surface area contributed by atoms with Crippen LogP contribution in [0, 0.1) is 0 Å². The molecule has 0 aliphatic carbocycles. The highest BCUT2D eigenvalue weighted by molar-refractivity contribution is 6.35. The van der Waals surface area contributed by atoms with Gasteiger partial charge in [0.15, 0.2) is 0 Å². The van der Waals surface area contributed by atoms with E-state index in [0.717, 1.165) is 13.1 Å². The third-order valence-corrected chi connectivity index (χ3v) is 4.53. The first-order valence-electron chi connectivity index (χ1n) is 8.60. The van der Waals surface area contributed by atoms with E-state index in [9.17, 15) is 4.79 Å². The molecule has 6 heteroatoms. The predicted octanol–water partition coefficient (Wildman–Crippen LogP) is 5.00. The van der Waals surface area contributed by atoms with Crippen molar-refractivity contribution in [2.75, 3.05) is 26.2 Å². The number of benzene rings is 2. The molecule has 0 bridgehead atoms. The Kier molecular flexibility index (Phi) is 8.23. The number of rotatable bonds is 9. The molecule has 26 heavy (non-hydrogen) atoms. The Morgan fingerprint density at radius 1 is 1.08 bits per heavy atom. The summed E-state index contributed by atoms with van der Waals surface area (Å²) in [4.78, 5) is 14.8. The molecule has 140 valence electrons. The Morgan fingerprint density at radius 3 is 2.38 bits per heavy atom. The van der Waals surface area contributed by atoms with Crippen LogP contribution in [0.2, 0.25) is 10.0 Å². The van der Waals surface area contributed by atoms with Crippen molar-refractivity contribution < 1.29 is 14.3 Å². The van der Waals surface area contributed by atoms with E-state index in [1.54, 1.807) is 18.2 Å². The average molecular weight is 396 g/mol. The zero-order chi connectivity index (χ0) is 18.9. The Bertz CT molecular complexity index is 705. The molecule has 0 saturated carbocycles. The first-order chi connectivity index (χ1) is 12.5. The normalized spacial score (nSPS) is 12.0. The molecular formula is C20H23Cl2NO3. The smallest absolute Gasteiger partial charge is 0.352 e. The first kappa shape index (κ1) is 20.6. The maximum atomic E-state index is 12.6. The molecular weight excluding hydrogens is 373 g/mol. The lowest BCUT2D eigenvalue weighted by atomic mass is 10.1. The number of nitrogens with zero attached hydrogens (tertiary/aromatic N) is 1. The van der Waals surface area contributed by atoms with Crippen LogP contribution in [-0.2, 0) is 9.53 Å². The van der Waals surface area contributed by atoms with E-state index in [0.29, 0.717) is 34.5 Å². The van der Waals surface area contributed by atoms with Crippen LogP contribution in [0.5, 0.6) is 5.75 Å². The molecule has 0 N–H and O–H groups in total. The fourth-order valence-electron chi connectivity index (χ4n) is 2.47. The Labute approximate surface area is 164 Å². The number of carbonyl (C=O) groups is 1. The molecule has 0 spiro atoms. The third kappa shape index (κ3) is 5.90. The van der Waals surface area contributed by atoms with E-state index in [2.05, 4.69) is 18.7 Å². The van der Waals surface area contributed by atoms with Gasteiger partial charge in [0.05, 0.1) is 5.02 Å². The molecule has 0 saturated heterocycles. The first-order valence-corrected chi connectivity index (χ1v) is 9.36. The van der Waals surface area contributed by atoms with Gasteiger partial charge in [0.25, 0.3) is 0 Å². The minimum absolute atomic E-state index is 0.307. The largest absolute Gasteiger partial charge is 0.472 e. The van der Waals surface area contributed by atoms with E-state index in [1.165, 1.54) is 0 Å². The second-order valence-corrected chi connectivity index (χ2v) is 6.52. The number of hydrogen-bond acceptors (Lipinski definition) is 4. The fourth-order valence-corrected chi connectivity index (χ4v) is 2.92. The average Bonchev–Trinajstić information content (AvgIpc) is 2.65. The lowest BCUT2D eigenvalue weighted by Gasteiger charge is -2.21. The second kappa shape index (κ2) is 10.4. The molecule has 0 amide bonds. The van der Waals surface area contributed by atoms with Crippen LogP contribution in [0.3, 0.4) is 0 Å². The lowest BCUT2D eigenvalue weighted by Crippen LogP contribution is -2.29. The van der Waals surface area contributed by atoms with Crippen LogP contribution in [0.4, 0.5) is 0 Å². The van der Waals surface area contributed by atoms with Crippen LogP contribution in [0.1, 0.15) is 25.5 Å². The Balaban J connectivity index is 2.12. The number of halogens is 2. The van der Waals surface area contributed by atoms with Gasteiger partial charge in [0.2, 0.25) is 6.10 Å². The lowest BCUT2D eigenvalue weighted by molar-refractivity contribution is -0.152. The topological polar surface area (TPSA) is 38.8 Å². The van der Waals surface area contributed by atoms with Crippen LogP contribution < -0.4 is 4.74 Å². The van der Waals surface area contributed by atoms with Crippen molar-refractivity contribution in [3.8, 4) is 5.75 Å². The predicted molar refractivity (Wildman–Crippen MR) is 105 cm³/mol. The third-order valence-electron chi connectivity index (χ3n) is 4.00. The van der Waals surface area contributed by atoms with Gasteiger partial charge in [0.1, 0.15) is 12.4 Å². The number of likely N-dealkylation sites (N-methyl/N-ethyl adjacent to an activating group) is 1. The van der Waals surface area contributed by atoms with E-state index in [4.69, 9.17) is 32.7 Å². The zero-order valence-electron chi connectivity index (χ0n) is 15.0. The van der Waals surface area contributed by atoms with Gasteiger partial charge in [-0.1, -0.05) is 67.4 Å². The fraction of sp³-hybridized carbons (Fsp3) is 0.350. The molecule has 0 fully saturated rings. The maximum Gasteiger partial charge on any atom is 0.352 e. The number of hydrogen-bond donors (Lipinski definition) is 0. The second-order valence-electron chi connectivity index (χ2n) is 5.68. The summed E-state index contributed by atoms with van der Waals surface area (Å²) in [6, 6.07) is 14.1. The minimum Gasteiger partial charge on any atom is -0.472 e. The van der Waals surface area contributed by atoms with Gasteiger partial charge in [-0.15, -0.1) is 0 Å². The van der Waals surface area contributed by atoms with Crippen molar-refractivity contribution >= 4 is 29.2 Å². The van der Waals surface area contributed by atoms with Crippen molar-refractivity contribution in [2.24, 2.45) is 0 Å². The number of carbonyl (C=O) groups excluding carboxylic acids is 1. The standard InChI is InChI=1S/C20H23Cl2NO3/c1-3-23(4-2)12-13-25-20(24)19(15-8-6-5-7-9-15)26-18-11-10-16(21)14-17(18)22/h5-11,14,19H,3-4,12-13H2,1-2H3. The molecule has 2 aromatic rings. The summed E-state index contributed by atoms with van der Waals surface area (Å²) in [5.41, 5.74) is 0.700. The quantitative estimate of drug-likeness (QED) is 0.560. The molecule has 2 aromatic carbocycles. The van der Waals surface area contributed by atoms with Crippen LogP contribution >= 0.6 is 23.2 Å². The van der Waals surface area contributed by atoms with Gasteiger partial charge in [-0.3, -0.25) is 0 Å². The summed E-state index contributed by atoms with van der Waals surface area (Å²) in [7, 11) is 0. The monoisotopic (exact) mass is 395 g/mol. The molecule has 0 aliphatic heterocycles. The van der Waals surface area contributed by atoms with Gasteiger partial charge < -0.3 is 14.4 Å². The van der Waals surface area contributed by atoms with Crippen molar-refractivity contribution in [3.63, 3.8) is 0 Å². The van der Waals surface area contributed by atoms with Crippen molar-refractivity contribution in [1.29, 1.82) is 0 Å². The van der Waals surface area contributed by atoms with Crippen molar-refractivity contribution in [1.82, 2.24) is 4.90 Å².